The van der Waals surface area contributed by atoms with Crippen molar-refractivity contribution in [2.24, 2.45) is 0 Å². The van der Waals surface area contributed by atoms with Gasteiger partial charge in [0.1, 0.15) is 5.75 Å². The summed E-state index contributed by atoms with van der Waals surface area (Å²) in [6.45, 7) is 0.608. The quantitative estimate of drug-likeness (QED) is 0.878. The summed E-state index contributed by atoms with van der Waals surface area (Å²) in [5.41, 5.74) is 1.39. The average Bonchev–Trinajstić information content (AvgIpc) is 2.91. The van der Waals surface area contributed by atoms with Crippen LogP contribution in [0.1, 0.15) is 4.88 Å². The third-order valence-corrected chi connectivity index (χ3v) is 3.73. The van der Waals surface area contributed by atoms with Crippen LogP contribution in [0.2, 0.25) is 4.47 Å². The van der Waals surface area contributed by atoms with E-state index in [-0.39, 0.29) is 0 Å². The minimum atomic E-state index is -0.548. The van der Waals surface area contributed by atoms with Crippen LogP contribution in [0.4, 0.5) is 16.2 Å². The number of hydrogen-bond acceptors (Lipinski definition) is 6. The summed E-state index contributed by atoms with van der Waals surface area (Å²) in [4.78, 5) is 16.2. The summed E-state index contributed by atoms with van der Waals surface area (Å²) in [6.07, 6.45) is 1.18. The number of rotatable bonds is 5. The van der Waals surface area contributed by atoms with Gasteiger partial charge in [-0.1, -0.05) is 11.6 Å². The minimum absolute atomic E-state index is 0.516. The number of ether oxygens (including phenoxy) is 2. The fourth-order valence-corrected chi connectivity index (χ4v) is 2.54. The van der Waals surface area contributed by atoms with Crippen LogP contribution >= 0.6 is 22.9 Å². The van der Waals surface area contributed by atoms with E-state index in [9.17, 15) is 4.79 Å². The maximum Gasteiger partial charge on any atom is 0.411 e. The van der Waals surface area contributed by atoms with Crippen molar-refractivity contribution >= 4 is 40.4 Å². The lowest BCUT2D eigenvalue weighted by Gasteiger charge is -2.12. The van der Waals surface area contributed by atoms with Gasteiger partial charge in [0.2, 0.25) is 0 Å². The molecule has 0 fully saturated rings. The van der Waals surface area contributed by atoms with Crippen molar-refractivity contribution in [2.45, 2.75) is 6.54 Å². The molecule has 2 aromatic rings. The van der Waals surface area contributed by atoms with E-state index in [1.54, 1.807) is 18.3 Å². The van der Waals surface area contributed by atoms with E-state index in [2.05, 4.69) is 20.4 Å². The van der Waals surface area contributed by atoms with Crippen LogP contribution in [0, 0.1) is 0 Å². The van der Waals surface area contributed by atoms with E-state index < -0.39 is 6.09 Å². The number of methoxy groups -OCH3 is 2. The van der Waals surface area contributed by atoms with Crippen LogP contribution < -0.4 is 15.4 Å². The Bertz CT molecular complexity index is 633. The molecule has 0 atom stereocenters. The van der Waals surface area contributed by atoms with E-state index in [0.717, 1.165) is 10.6 Å². The Labute approximate surface area is 131 Å². The Kier molecular flexibility index (Phi) is 5.24. The van der Waals surface area contributed by atoms with Gasteiger partial charge in [-0.15, -0.1) is 11.3 Å². The number of amides is 1. The lowest BCUT2D eigenvalue weighted by Crippen LogP contribution is -2.12. The van der Waals surface area contributed by atoms with Gasteiger partial charge in [0, 0.05) is 22.8 Å². The molecule has 1 aromatic heterocycles. The highest BCUT2D eigenvalue weighted by Crippen LogP contribution is 2.28. The van der Waals surface area contributed by atoms with Crippen molar-refractivity contribution in [3.63, 3.8) is 0 Å². The van der Waals surface area contributed by atoms with Crippen LogP contribution in [0.25, 0.3) is 0 Å². The first-order valence-electron chi connectivity index (χ1n) is 5.99. The summed E-state index contributed by atoms with van der Waals surface area (Å²) in [7, 11) is 2.84. The molecule has 0 unspecified atom stereocenters. The molecular formula is C13H14ClN3O3S. The second kappa shape index (κ2) is 7.14. The summed E-state index contributed by atoms with van der Waals surface area (Å²) in [5.74, 6) is 0.535. The van der Waals surface area contributed by atoms with Gasteiger partial charge in [-0.2, -0.15) is 0 Å². The van der Waals surface area contributed by atoms with Gasteiger partial charge in [0.05, 0.1) is 26.5 Å². The van der Waals surface area contributed by atoms with Crippen molar-refractivity contribution in [1.29, 1.82) is 0 Å². The van der Waals surface area contributed by atoms with E-state index in [1.165, 1.54) is 25.6 Å². The van der Waals surface area contributed by atoms with Gasteiger partial charge in [0.15, 0.2) is 4.47 Å². The Morgan fingerprint density at radius 3 is 2.86 bits per heavy atom. The standard InChI is InChI=1S/C13H14ClN3O3S/c1-19-11-5-8(3-4-10(11)17-13(18)20-2)15-6-9-7-16-12(14)21-9/h3-5,7,15H,6H2,1-2H3,(H,17,18). The third kappa shape index (κ3) is 4.24. The van der Waals surface area contributed by atoms with Crippen LogP contribution in [0.15, 0.2) is 24.4 Å². The number of carbonyl (C=O) groups excluding carboxylic acids is 1. The van der Waals surface area contributed by atoms with E-state index in [0.29, 0.717) is 22.4 Å². The van der Waals surface area contributed by atoms with Crippen molar-refractivity contribution in [3.8, 4) is 5.75 Å². The molecule has 112 valence electrons. The monoisotopic (exact) mass is 327 g/mol. The molecule has 0 bridgehead atoms. The minimum Gasteiger partial charge on any atom is -0.494 e. The predicted octanol–water partition coefficient (Wildman–Crippen LogP) is 3.60. The third-order valence-electron chi connectivity index (χ3n) is 2.62. The molecule has 8 heteroatoms. The lowest BCUT2D eigenvalue weighted by atomic mass is 10.2. The first kappa shape index (κ1) is 15.4. The number of thiazole rings is 1. The van der Waals surface area contributed by atoms with Gasteiger partial charge in [0.25, 0.3) is 0 Å². The molecule has 6 nitrogen and oxygen atoms in total. The van der Waals surface area contributed by atoms with Crippen LogP contribution in [-0.2, 0) is 11.3 Å². The smallest absolute Gasteiger partial charge is 0.411 e. The van der Waals surface area contributed by atoms with E-state index >= 15 is 0 Å². The molecule has 1 amide bonds. The Morgan fingerprint density at radius 2 is 2.24 bits per heavy atom. The molecule has 2 N–H and O–H groups in total. The highest BCUT2D eigenvalue weighted by atomic mass is 35.5. The molecule has 0 aliphatic heterocycles. The number of nitrogens with one attached hydrogen (secondary N) is 2. The van der Waals surface area contributed by atoms with Gasteiger partial charge in [-0.05, 0) is 12.1 Å². The van der Waals surface area contributed by atoms with Crippen molar-refractivity contribution in [1.82, 2.24) is 4.98 Å². The van der Waals surface area contributed by atoms with Gasteiger partial charge in [-0.3, -0.25) is 5.32 Å². The topological polar surface area (TPSA) is 72.5 Å². The maximum atomic E-state index is 11.2. The lowest BCUT2D eigenvalue weighted by molar-refractivity contribution is 0.187. The summed E-state index contributed by atoms with van der Waals surface area (Å²) < 4.78 is 10.3. The molecule has 0 saturated heterocycles. The number of nitrogens with zero attached hydrogens (tertiary/aromatic N) is 1. The SMILES string of the molecule is COC(=O)Nc1ccc(NCc2cnc(Cl)s2)cc1OC. The normalized spacial score (nSPS) is 10.0. The number of carbonyl (C=O) groups is 1. The summed E-state index contributed by atoms with van der Waals surface area (Å²) in [6, 6.07) is 5.35. The molecule has 0 saturated carbocycles. The molecule has 0 aliphatic rings. The highest BCUT2D eigenvalue weighted by molar-refractivity contribution is 7.15. The van der Waals surface area contributed by atoms with Gasteiger partial charge in [-0.25, -0.2) is 9.78 Å². The molecule has 0 spiro atoms. The molecule has 21 heavy (non-hydrogen) atoms. The van der Waals surface area contributed by atoms with Gasteiger partial charge >= 0.3 is 6.09 Å². The van der Waals surface area contributed by atoms with E-state index in [1.807, 2.05) is 6.07 Å². The van der Waals surface area contributed by atoms with Crippen molar-refractivity contribution < 1.29 is 14.3 Å². The maximum absolute atomic E-state index is 11.2. The summed E-state index contributed by atoms with van der Waals surface area (Å²) >= 11 is 7.20. The first-order valence-corrected chi connectivity index (χ1v) is 7.19. The van der Waals surface area contributed by atoms with Crippen molar-refractivity contribution in [2.75, 3.05) is 24.9 Å². The van der Waals surface area contributed by atoms with Crippen molar-refractivity contribution in [3.05, 3.63) is 33.7 Å². The largest absolute Gasteiger partial charge is 0.494 e. The zero-order valence-electron chi connectivity index (χ0n) is 11.5. The highest BCUT2D eigenvalue weighted by Gasteiger charge is 2.08. The number of benzene rings is 1. The van der Waals surface area contributed by atoms with Crippen LogP contribution in [0.3, 0.4) is 0 Å². The molecule has 1 heterocycles. The fourth-order valence-electron chi connectivity index (χ4n) is 1.62. The molecule has 2 rings (SSSR count). The molecule has 0 radical (unpaired) electrons. The Hall–Kier alpha value is -1.99. The zero-order valence-corrected chi connectivity index (χ0v) is 13.0. The Balaban J connectivity index is 2.05. The Morgan fingerprint density at radius 1 is 1.43 bits per heavy atom. The zero-order chi connectivity index (χ0) is 15.2. The average molecular weight is 328 g/mol. The number of aromatic nitrogens is 1. The number of anilines is 2. The first-order chi connectivity index (χ1) is 10.1. The molecule has 1 aromatic carbocycles. The fraction of sp³-hybridized carbons (Fsp3) is 0.231. The summed E-state index contributed by atoms with van der Waals surface area (Å²) in [5, 5.41) is 5.81. The number of halogens is 1. The van der Waals surface area contributed by atoms with E-state index in [4.69, 9.17) is 16.3 Å². The van der Waals surface area contributed by atoms with Crippen LogP contribution in [-0.4, -0.2) is 25.3 Å². The van der Waals surface area contributed by atoms with Gasteiger partial charge < -0.3 is 14.8 Å². The predicted molar refractivity (Wildman–Crippen MR) is 83.5 cm³/mol. The number of hydrogen-bond donors (Lipinski definition) is 2. The molecular weight excluding hydrogens is 314 g/mol. The molecule has 0 aliphatic carbocycles. The second-order valence-corrected chi connectivity index (χ2v) is 5.66. The van der Waals surface area contributed by atoms with Crippen LogP contribution in [0.5, 0.6) is 5.75 Å². The second-order valence-electron chi connectivity index (χ2n) is 3.96.